The molecule has 1 heterocycles. The fraction of sp³-hybridized carbons (Fsp3) is 1.00. The molecule has 2 fully saturated rings. The lowest BCUT2D eigenvalue weighted by molar-refractivity contribution is -0.00982. The molecule has 0 bridgehead atoms. The monoisotopic (exact) mass is 323 g/mol. The first kappa shape index (κ1) is 19.2. The van der Waals surface area contributed by atoms with E-state index in [4.69, 9.17) is 4.74 Å². The Labute approximate surface area is 145 Å². The van der Waals surface area contributed by atoms with Gasteiger partial charge in [0.05, 0.1) is 12.7 Å². The van der Waals surface area contributed by atoms with Crippen molar-refractivity contribution >= 4 is 0 Å². The quantitative estimate of drug-likeness (QED) is 0.690. The molecule has 23 heavy (non-hydrogen) atoms. The van der Waals surface area contributed by atoms with Gasteiger partial charge in [0.2, 0.25) is 0 Å². The molecule has 136 valence electrons. The molecule has 0 unspecified atom stereocenters. The Hall–Kier alpha value is -0.0800. The normalized spacial score (nSPS) is 29.0. The van der Waals surface area contributed by atoms with Gasteiger partial charge in [0, 0.05) is 6.54 Å². The van der Waals surface area contributed by atoms with Gasteiger partial charge in [0.25, 0.3) is 0 Å². The van der Waals surface area contributed by atoms with Crippen molar-refractivity contribution in [2.24, 2.45) is 22.7 Å². The highest BCUT2D eigenvalue weighted by Crippen LogP contribution is 2.38. The van der Waals surface area contributed by atoms with E-state index in [1.807, 2.05) is 0 Å². The molecule has 0 aromatic heterocycles. The largest absolute Gasteiger partial charge is 0.377 e. The van der Waals surface area contributed by atoms with Crippen molar-refractivity contribution < 1.29 is 4.74 Å². The van der Waals surface area contributed by atoms with Crippen molar-refractivity contribution in [2.75, 3.05) is 26.2 Å². The zero-order valence-corrected chi connectivity index (χ0v) is 16.7. The molecule has 0 radical (unpaired) electrons. The summed E-state index contributed by atoms with van der Waals surface area (Å²) in [5.74, 6) is 1.78. The summed E-state index contributed by atoms with van der Waals surface area (Å²) >= 11 is 0. The maximum atomic E-state index is 6.20. The van der Waals surface area contributed by atoms with Crippen molar-refractivity contribution in [3.8, 4) is 0 Å². The minimum Gasteiger partial charge on any atom is -0.377 e. The van der Waals surface area contributed by atoms with E-state index in [0.29, 0.717) is 16.9 Å². The lowest BCUT2D eigenvalue weighted by Crippen LogP contribution is -2.40. The fourth-order valence-electron chi connectivity index (χ4n) is 4.47. The smallest absolute Gasteiger partial charge is 0.0597 e. The summed E-state index contributed by atoms with van der Waals surface area (Å²) in [6, 6.07) is 0. The second-order valence-electron chi connectivity index (χ2n) is 10.2. The van der Waals surface area contributed by atoms with Crippen LogP contribution in [0.5, 0.6) is 0 Å². The molecule has 1 aliphatic carbocycles. The van der Waals surface area contributed by atoms with E-state index in [2.05, 4.69) is 46.4 Å². The van der Waals surface area contributed by atoms with Crippen molar-refractivity contribution in [3.05, 3.63) is 0 Å². The van der Waals surface area contributed by atoms with Gasteiger partial charge in [-0.25, -0.2) is 0 Å². The van der Waals surface area contributed by atoms with E-state index >= 15 is 0 Å². The Morgan fingerprint density at radius 3 is 1.70 bits per heavy atom. The molecule has 0 atom stereocenters. The van der Waals surface area contributed by atoms with Crippen LogP contribution in [0, 0.1) is 22.7 Å². The zero-order chi connectivity index (χ0) is 17.1. The Morgan fingerprint density at radius 2 is 1.22 bits per heavy atom. The molecule has 2 rings (SSSR count). The highest BCUT2D eigenvalue weighted by atomic mass is 16.5. The minimum absolute atomic E-state index is 0.475. The van der Waals surface area contributed by atoms with Crippen molar-refractivity contribution in [1.29, 1.82) is 0 Å². The average molecular weight is 324 g/mol. The van der Waals surface area contributed by atoms with Crippen molar-refractivity contribution in [1.82, 2.24) is 4.90 Å². The molecule has 1 saturated carbocycles. The van der Waals surface area contributed by atoms with E-state index in [-0.39, 0.29) is 0 Å². The molecule has 0 aromatic carbocycles. The Bertz CT molecular complexity index is 302. The lowest BCUT2D eigenvalue weighted by Gasteiger charge is -2.39. The zero-order valence-electron chi connectivity index (χ0n) is 16.7. The number of rotatable bonds is 4. The number of nitrogens with zero attached hydrogens (tertiary/aromatic N) is 1. The van der Waals surface area contributed by atoms with Gasteiger partial charge in [-0.2, -0.15) is 0 Å². The van der Waals surface area contributed by atoms with E-state index in [1.165, 1.54) is 51.6 Å². The number of ether oxygens (including phenoxy) is 1. The molecule has 2 heteroatoms. The van der Waals surface area contributed by atoms with Crippen LogP contribution in [0.2, 0.25) is 0 Å². The van der Waals surface area contributed by atoms with Gasteiger partial charge in [-0.1, -0.05) is 41.5 Å². The molecule has 0 N–H and O–H groups in total. The fourth-order valence-corrected chi connectivity index (χ4v) is 4.47. The van der Waals surface area contributed by atoms with Crippen LogP contribution in [0.25, 0.3) is 0 Å². The van der Waals surface area contributed by atoms with Crippen LogP contribution in [0.1, 0.15) is 80.1 Å². The van der Waals surface area contributed by atoms with Gasteiger partial charge in [0.15, 0.2) is 0 Å². The van der Waals surface area contributed by atoms with Crippen LogP contribution >= 0.6 is 0 Å². The highest BCUT2D eigenvalue weighted by molar-refractivity contribution is 4.82. The van der Waals surface area contributed by atoms with Crippen LogP contribution in [0.4, 0.5) is 0 Å². The van der Waals surface area contributed by atoms with E-state index in [1.54, 1.807) is 0 Å². The third-order valence-corrected chi connectivity index (χ3v) is 6.47. The molecule has 1 saturated heterocycles. The lowest BCUT2D eigenvalue weighted by atomic mass is 9.72. The van der Waals surface area contributed by atoms with Gasteiger partial charge in [-0.05, 0) is 74.3 Å². The summed E-state index contributed by atoms with van der Waals surface area (Å²) in [6.07, 6.45) is 8.50. The van der Waals surface area contributed by atoms with Gasteiger partial charge < -0.3 is 9.64 Å². The van der Waals surface area contributed by atoms with Crippen molar-refractivity contribution in [2.45, 2.75) is 86.2 Å². The van der Waals surface area contributed by atoms with Crippen LogP contribution in [-0.4, -0.2) is 37.2 Å². The van der Waals surface area contributed by atoms with E-state index < -0.39 is 0 Å². The molecule has 2 aliphatic rings. The first-order chi connectivity index (χ1) is 10.7. The Balaban J connectivity index is 1.59. The van der Waals surface area contributed by atoms with E-state index in [9.17, 15) is 0 Å². The standard InChI is InChI=1S/C21H41NO/c1-20(2,3)17-7-9-19(10-8-17)23-16-15-22-13-11-18(12-14-22)21(4,5)6/h17-19H,7-16H2,1-6H3. The summed E-state index contributed by atoms with van der Waals surface area (Å²) in [5.41, 5.74) is 0.955. The predicted molar refractivity (Wildman–Crippen MR) is 99.8 cm³/mol. The maximum absolute atomic E-state index is 6.20. The first-order valence-electron chi connectivity index (χ1n) is 10.00. The van der Waals surface area contributed by atoms with Gasteiger partial charge in [-0.15, -0.1) is 0 Å². The Kier molecular flexibility index (Phi) is 6.58. The summed E-state index contributed by atoms with van der Waals surface area (Å²) in [6.45, 7) is 18.9. The van der Waals surface area contributed by atoms with E-state index in [0.717, 1.165) is 25.0 Å². The predicted octanol–water partition coefficient (Wildman–Crippen LogP) is 5.37. The van der Waals surface area contributed by atoms with Gasteiger partial charge >= 0.3 is 0 Å². The molecule has 0 spiro atoms. The molecule has 0 amide bonds. The number of piperidine rings is 1. The molecule has 0 aromatic rings. The third-order valence-electron chi connectivity index (χ3n) is 6.47. The number of likely N-dealkylation sites (tertiary alicyclic amines) is 1. The summed E-state index contributed by atoms with van der Waals surface area (Å²) < 4.78 is 6.20. The topological polar surface area (TPSA) is 12.5 Å². The average Bonchev–Trinajstić information content (AvgIpc) is 2.46. The minimum atomic E-state index is 0.475. The maximum Gasteiger partial charge on any atom is 0.0597 e. The summed E-state index contributed by atoms with van der Waals surface area (Å²) in [4.78, 5) is 2.61. The second-order valence-corrected chi connectivity index (χ2v) is 10.2. The SMILES string of the molecule is CC(C)(C)C1CCC(OCCN2CCC(C(C)(C)C)CC2)CC1. The van der Waals surface area contributed by atoms with Crippen molar-refractivity contribution in [3.63, 3.8) is 0 Å². The Morgan fingerprint density at radius 1 is 0.739 bits per heavy atom. The molecule has 2 nitrogen and oxygen atoms in total. The van der Waals surface area contributed by atoms with Crippen LogP contribution < -0.4 is 0 Å². The van der Waals surface area contributed by atoms with Crippen LogP contribution in [0.3, 0.4) is 0 Å². The van der Waals surface area contributed by atoms with Crippen LogP contribution in [0.15, 0.2) is 0 Å². The molecule has 1 aliphatic heterocycles. The summed E-state index contributed by atoms with van der Waals surface area (Å²) in [5, 5.41) is 0. The first-order valence-corrected chi connectivity index (χ1v) is 10.00. The molecular formula is C21H41NO. The molecular weight excluding hydrogens is 282 g/mol. The van der Waals surface area contributed by atoms with Gasteiger partial charge in [0.1, 0.15) is 0 Å². The highest BCUT2D eigenvalue weighted by Gasteiger charge is 2.31. The third kappa shape index (κ3) is 6.05. The van der Waals surface area contributed by atoms with Crippen LogP contribution in [-0.2, 0) is 4.74 Å². The number of hydrogen-bond acceptors (Lipinski definition) is 2. The number of hydrogen-bond donors (Lipinski definition) is 0. The summed E-state index contributed by atoms with van der Waals surface area (Å²) in [7, 11) is 0. The second kappa shape index (κ2) is 7.87. The van der Waals surface area contributed by atoms with Gasteiger partial charge in [-0.3, -0.25) is 0 Å².